The molecule has 10 aromatic carbocycles. The van der Waals surface area contributed by atoms with E-state index >= 15 is 0 Å². The van der Waals surface area contributed by atoms with Gasteiger partial charge in [-0.15, -0.1) is 0 Å². The highest BCUT2D eigenvalue weighted by Crippen LogP contribution is 2.65. The molecule has 0 bridgehead atoms. The first-order valence-electron chi connectivity index (χ1n) is 22.3. The van der Waals surface area contributed by atoms with Crippen LogP contribution in [0.3, 0.4) is 0 Å². The Morgan fingerprint density at radius 2 is 0.562 bits per heavy atom. The SMILES string of the molecule is c1ccc2c(c1)-c1ccccc1C21c2ccccc2-c2ccc(N(c3ccc4c(c3)C3(c5ccccc5-c5ccccc53)c3ccccc3-4)c3ccc4oc5ccccc5c4c3)cc21. The van der Waals surface area contributed by atoms with Crippen LogP contribution in [0.4, 0.5) is 17.1 Å². The second-order valence-electron chi connectivity index (χ2n) is 17.8. The van der Waals surface area contributed by atoms with Gasteiger partial charge in [-0.2, -0.15) is 0 Å². The molecule has 4 aliphatic rings. The third kappa shape index (κ3) is 4.08. The van der Waals surface area contributed by atoms with Crippen molar-refractivity contribution in [2.75, 3.05) is 4.90 Å². The Hall–Kier alpha value is -8.20. The number of furan rings is 1. The van der Waals surface area contributed by atoms with E-state index in [1.54, 1.807) is 0 Å². The Bertz CT molecular complexity index is 3510. The summed E-state index contributed by atoms with van der Waals surface area (Å²) < 4.78 is 6.43. The lowest BCUT2D eigenvalue weighted by Gasteiger charge is -2.33. The van der Waals surface area contributed by atoms with Crippen LogP contribution in [-0.2, 0) is 10.8 Å². The van der Waals surface area contributed by atoms with Crippen molar-refractivity contribution in [3.63, 3.8) is 0 Å². The fourth-order valence-electron chi connectivity index (χ4n) is 12.7. The number of anilines is 3. The van der Waals surface area contributed by atoms with Crippen molar-refractivity contribution in [3.05, 3.63) is 269 Å². The maximum atomic E-state index is 6.43. The lowest BCUT2D eigenvalue weighted by molar-refractivity contribution is 0.669. The van der Waals surface area contributed by atoms with Gasteiger partial charge in [-0.25, -0.2) is 0 Å². The molecular weight excluding hydrogens is 775 g/mol. The second-order valence-corrected chi connectivity index (χ2v) is 17.8. The van der Waals surface area contributed by atoms with Gasteiger partial charge < -0.3 is 9.32 Å². The van der Waals surface area contributed by atoms with Crippen molar-refractivity contribution in [2.24, 2.45) is 0 Å². The molecule has 64 heavy (non-hydrogen) atoms. The van der Waals surface area contributed by atoms with Gasteiger partial charge in [-0.1, -0.05) is 176 Å². The largest absolute Gasteiger partial charge is 0.456 e. The molecule has 0 saturated carbocycles. The first-order valence-corrected chi connectivity index (χ1v) is 22.3. The molecule has 1 aromatic heterocycles. The van der Waals surface area contributed by atoms with Crippen LogP contribution >= 0.6 is 0 Å². The Balaban J connectivity index is 1.02. The highest BCUT2D eigenvalue weighted by molar-refractivity contribution is 6.07. The van der Waals surface area contributed by atoms with Crippen LogP contribution in [0, 0.1) is 0 Å². The van der Waals surface area contributed by atoms with E-state index in [1.807, 2.05) is 6.07 Å². The van der Waals surface area contributed by atoms with E-state index in [0.717, 1.165) is 39.0 Å². The van der Waals surface area contributed by atoms with Crippen molar-refractivity contribution in [2.45, 2.75) is 10.8 Å². The molecule has 11 aromatic rings. The van der Waals surface area contributed by atoms with Crippen molar-refractivity contribution in [1.29, 1.82) is 0 Å². The zero-order valence-electron chi connectivity index (χ0n) is 34.7. The summed E-state index contributed by atoms with van der Waals surface area (Å²) in [7, 11) is 0. The molecule has 2 nitrogen and oxygen atoms in total. The van der Waals surface area contributed by atoms with E-state index < -0.39 is 10.8 Å². The monoisotopic (exact) mass is 811 g/mol. The number of benzene rings is 10. The van der Waals surface area contributed by atoms with Crippen LogP contribution < -0.4 is 4.90 Å². The van der Waals surface area contributed by atoms with Crippen molar-refractivity contribution < 1.29 is 4.42 Å². The van der Waals surface area contributed by atoms with E-state index in [4.69, 9.17) is 4.42 Å². The Kier molecular flexibility index (Phi) is 6.58. The molecule has 15 rings (SSSR count). The highest BCUT2D eigenvalue weighted by atomic mass is 16.3. The normalized spacial score (nSPS) is 14.5. The molecule has 4 aliphatic carbocycles. The molecule has 0 saturated heterocycles. The van der Waals surface area contributed by atoms with Gasteiger partial charge in [0.25, 0.3) is 0 Å². The molecule has 2 heteroatoms. The van der Waals surface area contributed by atoms with Gasteiger partial charge in [0.15, 0.2) is 0 Å². The van der Waals surface area contributed by atoms with Gasteiger partial charge >= 0.3 is 0 Å². The number of hydrogen-bond donors (Lipinski definition) is 0. The standard InChI is InChI=1S/C62H37NO/c1-8-22-51-41(15-1)42-16-2-9-23-52(42)61(51)55-26-12-5-19-45(55)47-32-29-39(36-57(47)61)63(38-31-34-60-50(35-38)49-21-7-14-28-59(49)64-60)40-30-33-48-46-20-6-13-27-56(46)62(58(48)37-40)53-24-10-3-17-43(53)44-18-4-11-25-54(44)62/h1-37H. The van der Waals surface area contributed by atoms with E-state index in [2.05, 4.69) is 223 Å². The minimum Gasteiger partial charge on any atom is -0.456 e. The first-order chi connectivity index (χ1) is 31.7. The predicted octanol–water partition coefficient (Wildman–Crippen LogP) is 15.7. The quantitative estimate of drug-likeness (QED) is 0.177. The maximum absolute atomic E-state index is 6.43. The van der Waals surface area contributed by atoms with Crippen molar-refractivity contribution in [3.8, 4) is 44.5 Å². The van der Waals surface area contributed by atoms with Crippen LogP contribution in [0.1, 0.15) is 44.5 Å². The summed E-state index contributed by atoms with van der Waals surface area (Å²) in [4.78, 5) is 2.49. The Labute approximate surface area is 371 Å². The van der Waals surface area contributed by atoms with Gasteiger partial charge in [0, 0.05) is 27.8 Å². The number of rotatable bonds is 3. The summed E-state index contributed by atoms with van der Waals surface area (Å²) in [6.45, 7) is 0. The fraction of sp³-hybridized carbons (Fsp3) is 0.0323. The topological polar surface area (TPSA) is 16.4 Å². The Morgan fingerprint density at radius 3 is 0.984 bits per heavy atom. The molecule has 2 spiro atoms. The van der Waals surface area contributed by atoms with Gasteiger partial charge in [0.1, 0.15) is 11.2 Å². The summed E-state index contributed by atoms with van der Waals surface area (Å²) in [6.07, 6.45) is 0. The highest BCUT2D eigenvalue weighted by Gasteiger charge is 2.53. The maximum Gasteiger partial charge on any atom is 0.135 e. The average Bonchev–Trinajstić information content (AvgIpc) is 4.13. The number of hydrogen-bond acceptors (Lipinski definition) is 2. The van der Waals surface area contributed by atoms with E-state index in [-0.39, 0.29) is 0 Å². The van der Waals surface area contributed by atoms with Gasteiger partial charge in [0.05, 0.1) is 10.8 Å². The lowest BCUT2D eigenvalue weighted by Crippen LogP contribution is -2.26. The summed E-state index contributed by atoms with van der Waals surface area (Å²) in [5.74, 6) is 0. The van der Waals surface area contributed by atoms with E-state index in [1.165, 1.54) is 89.0 Å². The van der Waals surface area contributed by atoms with Gasteiger partial charge in [0.2, 0.25) is 0 Å². The summed E-state index contributed by atoms with van der Waals surface area (Å²) in [6, 6.07) is 84.0. The number of nitrogens with zero attached hydrogens (tertiary/aromatic N) is 1. The van der Waals surface area contributed by atoms with E-state index in [0.29, 0.717) is 0 Å². The van der Waals surface area contributed by atoms with E-state index in [9.17, 15) is 0 Å². The number of para-hydroxylation sites is 1. The summed E-state index contributed by atoms with van der Waals surface area (Å²) in [5, 5.41) is 2.22. The van der Waals surface area contributed by atoms with Gasteiger partial charge in [-0.05, 0) is 138 Å². The van der Waals surface area contributed by atoms with Crippen molar-refractivity contribution in [1.82, 2.24) is 0 Å². The number of fused-ring (bicyclic) bond motifs is 23. The molecule has 0 fully saturated rings. The zero-order chi connectivity index (χ0) is 41.7. The van der Waals surface area contributed by atoms with Crippen LogP contribution in [0.15, 0.2) is 229 Å². The third-order valence-electron chi connectivity index (χ3n) is 15.1. The predicted molar refractivity (Wildman–Crippen MR) is 261 cm³/mol. The molecular formula is C62H37NO. The first kappa shape index (κ1) is 34.4. The molecule has 0 aliphatic heterocycles. The van der Waals surface area contributed by atoms with Gasteiger partial charge in [-0.3, -0.25) is 0 Å². The molecule has 296 valence electrons. The summed E-state index contributed by atoms with van der Waals surface area (Å²) in [5.41, 5.74) is 25.2. The minimum atomic E-state index is -0.466. The molecule has 0 N–H and O–H groups in total. The van der Waals surface area contributed by atoms with Crippen LogP contribution in [0.25, 0.3) is 66.4 Å². The average molecular weight is 812 g/mol. The third-order valence-corrected chi connectivity index (χ3v) is 15.1. The molecule has 0 unspecified atom stereocenters. The van der Waals surface area contributed by atoms with Crippen molar-refractivity contribution >= 4 is 39.0 Å². The minimum absolute atomic E-state index is 0.466. The van der Waals surface area contributed by atoms with Crippen LogP contribution in [0.2, 0.25) is 0 Å². The smallest absolute Gasteiger partial charge is 0.135 e. The Morgan fingerprint density at radius 1 is 0.250 bits per heavy atom. The van der Waals surface area contributed by atoms with Crippen LogP contribution in [0.5, 0.6) is 0 Å². The molecule has 1 heterocycles. The second kappa shape index (κ2) is 12.2. The molecule has 0 radical (unpaired) electrons. The fourth-order valence-corrected chi connectivity index (χ4v) is 12.7. The zero-order valence-corrected chi connectivity index (χ0v) is 34.7. The summed E-state index contributed by atoms with van der Waals surface area (Å²) >= 11 is 0. The molecule has 0 amide bonds. The van der Waals surface area contributed by atoms with Crippen LogP contribution in [-0.4, -0.2) is 0 Å². The molecule has 0 atom stereocenters. The lowest BCUT2D eigenvalue weighted by atomic mass is 9.70.